The minimum Gasteiger partial charge on any atom is -0.353 e. The molecule has 3 heterocycles. The summed E-state index contributed by atoms with van der Waals surface area (Å²) in [4.78, 5) is 24.6. The molecule has 2 aliphatic heterocycles. The molecular formula is C32H38F2N4O. The van der Waals surface area contributed by atoms with Crippen LogP contribution in [-0.2, 0) is 0 Å². The number of halogens is 2. The summed E-state index contributed by atoms with van der Waals surface area (Å²) in [5, 5.41) is 0. The van der Waals surface area contributed by atoms with Crippen molar-refractivity contribution in [2.75, 3.05) is 50.7 Å². The van der Waals surface area contributed by atoms with Gasteiger partial charge in [-0.15, -0.1) is 0 Å². The van der Waals surface area contributed by atoms with Crippen LogP contribution in [0.25, 0.3) is 0 Å². The molecule has 0 radical (unpaired) electrons. The van der Waals surface area contributed by atoms with Crippen LogP contribution < -0.4 is 4.90 Å². The van der Waals surface area contributed by atoms with Crippen LogP contribution in [0.15, 0.2) is 66.9 Å². The van der Waals surface area contributed by atoms with Crippen molar-refractivity contribution >= 4 is 11.7 Å². The van der Waals surface area contributed by atoms with E-state index in [9.17, 15) is 13.6 Å². The van der Waals surface area contributed by atoms with Crippen molar-refractivity contribution in [1.82, 2.24) is 14.8 Å². The number of hydrogen-bond acceptors (Lipinski definition) is 4. The van der Waals surface area contributed by atoms with Crippen molar-refractivity contribution in [3.63, 3.8) is 0 Å². The normalized spacial score (nSPS) is 17.1. The second kappa shape index (κ2) is 12.7. The average molecular weight is 533 g/mol. The lowest BCUT2D eigenvalue weighted by atomic mass is 9.87. The summed E-state index contributed by atoms with van der Waals surface area (Å²) in [5.74, 6) is 1.16. The van der Waals surface area contributed by atoms with Gasteiger partial charge in [0.25, 0.3) is 5.91 Å². The number of anilines is 1. The highest BCUT2D eigenvalue weighted by atomic mass is 19.1. The molecule has 0 spiro atoms. The molecule has 0 aliphatic carbocycles. The first-order valence-corrected chi connectivity index (χ1v) is 14.2. The third-order valence-corrected chi connectivity index (χ3v) is 8.27. The fraction of sp³-hybridized carbons (Fsp3) is 0.438. The smallest absolute Gasteiger partial charge is 0.257 e. The average Bonchev–Trinajstić information content (AvgIpc) is 2.97. The number of carbonyl (C=O) groups excluding carboxylic acids is 1. The lowest BCUT2D eigenvalue weighted by molar-refractivity contribution is 0.0697. The number of carbonyl (C=O) groups is 1. The molecule has 1 amide bonds. The fourth-order valence-electron chi connectivity index (χ4n) is 5.82. The van der Waals surface area contributed by atoms with Crippen LogP contribution >= 0.6 is 0 Å². The van der Waals surface area contributed by atoms with E-state index in [1.807, 2.05) is 41.3 Å². The van der Waals surface area contributed by atoms with Crippen LogP contribution in [0.3, 0.4) is 0 Å². The molecule has 0 atom stereocenters. The minimum absolute atomic E-state index is 0.0901. The van der Waals surface area contributed by atoms with Crippen molar-refractivity contribution in [2.45, 2.75) is 38.5 Å². The number of pyridine rings is 1. The topological polar surface area (TPSA) is 39.7 Å². The molecule has 0 bridgehead atoms. The number of hydrogen-bond donors (Lipinski definition) is 0. The second-order valence-electron chi connectivity index (χ2n) is 11.0. The first kappa shape index (κ1) is 27.3. The van der Waals surface area contributed by atoms with Gasteiger partial charge >= 0.3 is 0 Å². The summed E-state index contributed by atoms with van der Waals surface area (Å²) in [6.07, 6.45) is 5.76. The summed E-state index contributed by atoms with van der Waals surface area (Å²) in [6.45, 7) is 8.31. The van der Waals surface area contributed by atoms with Gasteiger partial charge in [0.2, 0.25) is 0 Å². The maximum atomic E-state index is 13.5. The number of rotatable bonds is 8. The van der Waals surface area contributed by atoms with Crippen molar-refractivity contribution in [2.24, 2.45) is 5.92 Å². The highest BCUT2D eigenvalue weighted by Gasteiger charge is 2.27. The van der Waals surface area contributed by atoms with Gasteiger partial charge in [-0.3, -0.25) is 9.69 Å². The molecule has 2 aromatic carbocycles. The van der Waals surface area contributed by atoms with E-state index in [0.717, 1.165) is 88.4 Å². The summed E-state index contributed by atoms with van der Waals surface area (Å²) >= 11 is 0. The highest BCUT2D eigenvalue weighted by molar-refractivity contribution is 5.99. The number of benzene rings is 2. The lowest BCUT2D eigenvalue weighted by Gasteiger charge is -2.37. The van der Waals surface area contributed by atoms with E-state index in [4.69, 9.17) is 0 Å². The van der Waals surface area contributed by atoms with Crippen LogP contribution in [0, 0.1) is 17.6 Å². The van der Waals surface area contributed by atoms with E-state index in [0.29, 0.717) is 11.5 Å². The van der Waals surface area contributed by atoms with Gasteiger partial charge in [0, 0.05) is 51.4 Å². The molecule has 5 nitrogen and oxygen atoms in total. The van der Waals surface area contributed by atoms with Crippen LogP contribution in [-0.4, -0.2) is 66.5 Å². The quantitative estimate of drug-likeness (QED) is 0.359. The summed E-state index contributed by atoms with van der Waals surface area (Å²) < 4.78 is 27.1. The molecule has 206 valence electrons. The van der Waals surface area contributed by atoms with Gasteiger partial charge in [0.1, 0.15) is 17.5 Å². The largest absolute Gasteiger partial charge is 0.353 e. The Labute approximate surface area is 230 Å². The SMILES string of the molecule is CC1CCN(C(=O)c2cccnc2N2CCN(CCCC(c3ccc(F)cc3)c3ccc(F)cc3)CC2)CC1. The van der Waals surface area contributed by atoms with E-state index in [1.54, 1.807) is 6.20 Å². The maximum absolute atomic E-state index is 13.5. The van der Waals surface area contributed by atoms with E-state index >= 15 is 0 Å². The summed E-state index contributed by atoms with van der Waals surface area (Å²) in [7, 11) is 0. The number of piperazine rings is 1. The Bertz CT molecular complexity index is 1170. The Morgan fingerprint density at radius 3 is 2.05 bits per heavy atom. The highest BCUT2D eigenvalue weighted by Crippen LogP contribution is 2.30. The van der Waals surface area contributed by atoms with Crippen LogP contribution in [0.4, 0.5) is 14.6 Å². The minimum atomic E-state index is -0.252. The molecule has 2 aliphatic rings. The molecule has 2 saturated heterocycles. The number of amides is 1. The van der Waals surface area contributed by atoms with Gasteiger partial charge in [0.15, 0.2) is 0 Å². The number of aromatic nitrogens is 1. The third kappa shape index (κ3) is 6.82. The molecule has 7 heteroatoms. The molecule has 3 aromatic rings. The van der Waals surface area contributed by atoms with Gasteiger partial charge < -0.3 is 9.80 Å². The second-order valence-corrected chi connectivity index (χ2v) is 11.0. The molecular weight excluding hydrogens is 494 g/mol. The van der Waals surface area contributed by atoms with Gasteiger partial charge in [-0.1, -0.05) is 31.2 Å². The molecule has 1 aromatic heterocycles. The number of nitrogens with zero attached hydrogens (tertiary/aromatic N) is 4. The number of piperidine rings is 1. The monoisotopic (exact) mass is 532 g/mol. The first-order valence-electron chi connectivity index (χ1n) is 14.2. The molecule has 2 fully saturated rings. The van der Waals surface area contributed by atoms with E-state index in [1.165, 1.54) is 24.3 Å². The molecule has 5 rings (SSSR count). The Balaban J connectivity index is 1.17. The van der Waals surface area contributed by atoms with Gasteiger partial charge in [0.05, 0.1) is 5.56 Å². The zero-order valence-corrected chi connectivity index (χ0v) is 22.7. The predicted octanol–water partition coefficient (Wildman–Crippen LogP) is 5.97. The fourth-order valence-corrected chi connectivity index (χ4v) is 5.82. The molecule has 0 unspecified atom stereocenters. The Morgan fingerprint density at radius 2 is 1.46 bits per heavy atom. The van der Waals surface area contributed by atoms with Crippen molar-refractivity contribution < 1.29 is 13.6 Å². The molecule has 0 saturated carbocycles. The lowest BCUT2D eigenvalue weighted by Crippen LogP contribution is -2.47. The van der Waals surface area contributed by atoms with Crippen LogP contribution in [0.5, 0.6) is 0 Å². The molecule has 0 N–H and O–H groups in total. The van der Waals surface area contributed by atoms with Crippen molar-refractivity contribution in [3.05, 3.63) is 95.2 Å². The van der Waals surface area contributed by atoms with E-state index in [-0.39, 0.29) is 23.5 Å². The molecule has 39 heavy (non-hydrogen) atoms. The van der Waals surface area contributed by atoms with Crippen LogP contribution in [0.2, 0.25) is 0 Å². The maximum Gasteiger partial charge on any atom is 0.257 e. The van der Waals surface area contributed by atoms with Crippen molar-refractivity contribution in [3.8, 4) is 0 Å². The Hall–Kier alpha value is -3.32. The Kier molecular flexibility index (Phi) is 8.87. The predicted molar refractivity (Wildman–Crippen MR) is 151 cm³/mol. The first-order chi connectivity index (χ1) is 19.0. The standard InChI is InChI=1S/C32H38F2N4O/c1-24-14-18-38(19-15-24)32(39)30-4-2-16-35-31(30)37-22-20-36(21-23-37)17-3-5-29(25-6-10-27(33)11-7-25)26-8-12-28(34)13-9-26/h2,4,6-13,16,24,29H,3,5,14-15,17-23H2,1H3. The van der Waals surface area contributed by atoms with Gasteiger partial charge in [-0.2, -0.15) is 0 Å². The van der Waals surface area contributed by atoms with E-state index in [2.05, 4.69) is 21.7 Å². The zero-order valence-electron chi connectivity index (χ0n) is 22.7. The van der Waals surface area contributed by atoms with Crippen molar-refractivity contribution in [1.29, 1.82) is 0 Å². The van der Waals surface area contributed by atoms with Crippen LogP contribution in [0.1, 0.15) is 60.0 Å². The van der Waals surface area contributed by atoms with Gasteiger partial charge in [-0.25, -0.2) is 13.8 Å². The summed E-state index contributed by atoms with van der Waals surface area (Å²) in [5.41, 5.74) is 2.80. The van der Waals surface area contributed by atoms with Gasteiger partial charge in [-0.05, 0) is 85.7 Å². The number of likely N-dealkylation sites (tertiary alicyclic amines) is 1. The summed E-state index contributed by atoms with van der Waals surface area (Å²) in [6, 6.07) is 17.1. The Morgan fingerprint density at radius 1 is 0.872 bits per heavy atom. The zero-order chi connectivity index (χ0) is 27.2. The third-order valence-electron chi connectivity index (χ3n) is 8.27. The van der Waals surface area contributed by atoms with E-state index < -0.39 is 0 Å².